The van der Waals surface area contributed by atoms with Crippen LogP contribution in [-0.4, -0.2) is 39.5 Å². The number of anilines is 2. The lowest BCUT2D eigenvalue weighted by atomic mass is 10.1. The van der Waals surface area contributed by atoms with Crippen LogP contribution in [0.5, 0.6) is 0 Å². The summed E-state index contributed by atoms with van der Waals surface area (Å²) < 4.78 is 29.7. The van der Waals surface area contributed by atoms with E-state index in [9.17, 15) is 23.2 Å². The Hall–Kier alpha value is -3.01. The maximum Gasteiger partial charge on any atom is 0.330 e. The van der Waals surface area contributed by atoms with E-state index in [1.165, 1.54) is 27.7 Å². The number of unbranched alkanes of at least 4 members (excludes halogenated alkanes) is 1. The van der Waals surface area contributed by atoms with Crippen molar-refractivity contribution >= 4 is 17.4 Å². The standard InChI is InChI=1S/C24H33F2N5O3/c1-3-5-13-30-22(27)21(23(33)28-24(30)34)31(16-9-6-7-10-16)20(32)15-29(4-2)14-17-18(25)11-8-12-19(17)26/h8,11-12,16H,3-7,9-10,13-15,27H2,1-2H3,(H,28,33,34). The van der Waals surface area contributed by atoms with Crippen LogP contribution in [0.2, 0.25) is 0 Å². The topological polar surface area (TPSA) is 104 Å². The molecule has 0 unspecified atom stereocenters. The third kappa shape index (κ3) is 5.55. The summed E-state index contributed by atoms with van der Waals surface area (Å²) in [6.45, 7) is 4.19. The number of halogens is 2. The lowest BCUT2D eigenvalue weighted by molar-refractivity contribution is -0.120. The van der Waals surface area contributed by atoms with Gasteiger partial charge in [-0.1, -0.05) is 39.2 Å². The number of carbonyl (C=O) groups is 1. The molecular formula is C24H33F2N5O3. The highest BCUT2D eigenvalue weighted by molar-refractivity contribution is 5.97. The van der Waals surface area contributed by atoms with Crippen molar-refractivity contribution in [3.05, 3.63) is 56.2 Å². The summed E-state index contributed by atoms with van der Waals surface area (Å²) in [7, 11) is 0. The number of nitrogen functional groups attached to an aromatic ring is 1. The Bertz CT molecular complexity index is 1100. The molecule has 1 fully saturated rings. The van der Waals surface area contributed by atoms with Gasteiger partial charge in [0, 0.05) is 24.7 Å². The monoisotopic (exact) mass is 477 g/mol. The number of carbonyl (C=O) groups excluding carboxylic acids is 1. The van der Waals surface area contributed by atoms with Gasteiger partial charge in [0.2, 0.25) is 5.91 Å². The summed E-state index contributed by atoms with van der Waals surface area (Å²) >= 11 is 0. The van der Waals surface area contributed by atoms with Crippen molar-refractivity contribution in [3.63, 3.8) is 0 Å². The van der Waals surface area contributed by atoms with E-state index in [-0.39, 0.29) is 36.2 Å². The number of hydrogen-bond donors (Lipinski definition) is 2. The Labute approximate surface area is 197 Å². The van der Waals surface area contributed by atoms with Gasteiger partial charge in [-0.15, -0.1) is 0 Å². The van der Waals surface area contributed by atoms with Crippen molar-refractivity contribution in [1.29, 1.82) is 0 Å². The van der Waals surface area contributed by atoms with Gasteiger partial charge < -0.3 is 10.6 Å². The van der Waals surface area contributed by atoms with Gasteiger partial charge in [0.25, 0.3) is 5.56 Å². The Morgan fingerprint density at radius 2 is 1.82 bits per heavy atom. The van der Waals surface area contributed by atoms with E-state index in [0.717, 1.165) is 19.3 Å². The van der Waals surface area contributed by atoms with Gasteiger partial charge in [-0.25, -0.2) is 13.6 Å². The molecule has 1 heterocycles. The second-order valence-corrected chi connectivity index (χ2v) is 8.70. The molecule has 8 nitrogen and oxygen atoms in total. The van der Waals surface area contributed by atoms with Crippen LogP contribution in [0.15, 0.2) is 27.8 Å². The van der Waals surface area contributed by atoms with Crippen LogP contribution in [0.25, 0.3) is 0 Å². The lowest BCUT2D eigenvalue weighted by Crippen LogP contribution is -2.49. The molecule has 0 spiro atoms. The van der Waals surface area contributed by atoms with Crippen molar-refractivity contribution in [3.8, 4) is 0 Å². The van der Waals surface area contributed by atoms with Crippen molar-refractivity contribution in [2.45, 2.75) is 71.5 Å². The Morgan fingerprint density at radius 1 is 1.18 bits per heavy atom. The van der Waals surface area contributed by atoms with E-state index in [4.69, 9.17) is 5.73 Å². The molecule has 1 aromatic carbocycles. The number of likely N-dealkylation sites (N-methyl/N-ethyl adjacent to an activating group) is 1. The van der Waals surface area contributed by atoms with E-state index >= 15 is 0 Å². The van der Waals surface area contributed by atoms with Crippen LogP contribution in [0.3, 0.4) is 0 Å². The molecule has 1 saturated carbocycles. The molecule has 0 saturated heterocycles. The second-order valence-electron chi connectivity index (χ2n) is 8.70. The third-order valence-electron chi connectivity index (χ3n) is 6.40. The van der Waals surface area contributed by atoms with Gasteiger partial charge in [-0.3, -0.25) is 24.0 Å². The van der Waals surface area contributed by atoms with Gasteiger partial charge in [0.1, 0.15) is 17.5 Å². The lowest BCUT2D eigenvalue weighted by Gasteiger charge is -2.32. The minimum atomic E-state index is -0.710. The smallest absolute Gasteiger partial charge is 0.330 e. The van der Waals surface area contributed by atoms with Gasteiger partial charge in [0.05, 0.1) is 6.54 Å². The SMILES string of the molecule is CCCCn1c(N)c(N(C(=O)CN(CC)Cc2c(F)cccc2F)C2CCCC2)c(=O)[nH]c1=O. The molecule has 1 aliphatic carbocycles. The highest BCUT2D eigenvalue weighted by atomic mass is 19.1. The predicted octanol–water partition coefficient (Wildman–Crippen LogP) is 2.99. The number of nitrogens with one attached hydrogen (secondary N) is 1. The summed E-state index contributed by atoms with van der Waals surface area (Å²) in [5, 5.41) is 0. The number of nitrogens with two attached hydrogens (primary N) is 1. The van der Waals surface area contributed by atoms with Gasteiger partial charge in [0.15, 0.2) is 5.69 Å². The molecule has 1 amide bonds. The van der Waals surface area contributed by atoms with E-state index in [2.05, 4.69) is 4.98 Å². The number of aromatic nitrogens is 2. The number of rotatable bonds is 10. The van der Waals surface area contributed by atoms with Gasteiger partial charge in [-0.2, -0.15) is 0 Å². The first-order chi connectivity index (χ1) is 16.3. The molecule has 3 rings (SSSR count). The van der Waals surface area contributed by atoms with E-state index < -0.39 is 28.8 Å². The first-order valence-electron chi connectivity index (χ1n) is 11.9. The fraction of sp³-hybridized carbons (Fsp3) is 0.542. The number of H-pyrrole nitrogens is 1. The van der Waals surface area contributed by atoms with E-state index in [1.54, 1.807) is 11.8 Å². The summed E-state index contributed by atoms with van der Waals surface area (Å²) in [4.78, 5) is 44.1. The molecular weight excluding hydrogens is 444 g/mol. The second kappa shape index (κ2) is 11.4. The molecule has 186 valence electrons. The first kappa shape index (κ1) is 25.6. The van der Waals surface area contributed by atoms with Crippen LogP contribution < -0.4 is 21.9 Å². The normalized spacial score (nSPS) is 14.1. The summed E-state index contributed by atoms with van der Waals surface area (Å²) in [6, 6.07) is 3.41. The van der Waals surface area contributed by atoms with Crippen LogP contribution in [0, 0.1) is 11.6 Å². The highest BCUT2D eigenvalue weighted by Crippen LogP contribution is 2.29. The van der Waals surface area contributed by atoms with Gasteiger partial charge in [-0.05, 0) is 37.9 Å². The Kier molecular flexibility index (Phi) is 8.60. The number of aromatic amines is 1. The highest BCUT2D eigenvalue weighted by Gasteiger charge is 2.33. The van der Waals surface area contributed by atoms with Crippen molar-refractivity contribution < 1.29 is 13.6 Å². The summed E-state index contributed by atoms with van der Waals surface area (Å²) in [5.74, 6) is -1.79. The molecule has 0 radical (unpaired) electrons. The summed E-state index contributed by atoms with van der Waals surface area (Å²) in [5.41, 5.74) is 4.83. The van der Waals surface area contributed by atoms with Crippen molar-refractivity contribution in [1.82, 2.24) is 14.5 Å². The number of nitrogens with zero attached hydrogens (tertiary/aromatic N) is 3. The average Bonchev–Trinajstić information content (AvgIpc) is 3.32. The fourth-order valence-corrected chi connectivity index (χ4v) is 4.48. The maximum atomic E-state index is 14.2. The molecule has 0 aliphatic heterocycles. The number of benzene rings is 1. The summed E-state index contributed by atoms with van der Waals surface area (Å²) in [6.07, 6.45) is 4.72. The van der Waals surface area contributed by atoms with Crippen LogP contribution in [0.4, 0.5) is 20.3 Å². The quantitative estimate of drug-likeness (QED) is 0.548. The average molecular weight is 478 g/mol. The van der Waals surface area contributed by atoms with Crippen molar-refractivity contribution in [2.75, 3.05) is 23.7 Å². The van der Waals surface area contributed by atoms with Gasteiger partial charge >= 0.3 is 5.69 Å². The van der Waals surface area contributed by atoms with Crippen LogP contribution in [0.1, 0.15) is 57.9 Å². The minimum Gasteiger partial charge on any atom is -0.383 e. The molecule has 1 aliphatic rings. The Balaban J connectivity index is 1.96. The molecule has 2 aromatic rings. The first-order valence-corrected chi connectivity index (χ1v) is 11.9. The molecule has 10 heteroatoms. The molecule has 1 aromatic heterocycles. The number of hydrogen-bond acceptors (Lipinski definition) is 5. The zero-order chi connectivity index (χ0) is 24.8. The molecule has 0 atom stereocenters. The van der Waals surface area contributed by atoms with Crippen LogP contribution in [-0.2, 0) is 17.9 Å². The van der Waals surface area contributed by atoms with E-state index in [1.807, 2.05) is 6.92 Å². The van der Waals surface area contributed by atoms with Crippen molar-refractivity contribution in [2.24, 2.45) is 0 Å². The van der Waals surface area contributed by atoms with E-state index in [0.29, 0.717) is 32.4 Å². The molecule has 0 bridgehead atoms. The molecule has 3 N–H and O–H groups in total. The minimum absolute atomic E-state index is 0.0271. The zero-order valence-electron chi connectivity index (χ0n) is 19.8. The maximum absolute atomic E-state index is 14.2. The fourth-order valence-electron chi connectivity index (χ4n) is 4.48. The largest absolute Gasteiger partial charge is 0.383 e. The third-order valence-corrected chi connectivity index (χ3v) is 6.40. The predicted molar refractivity (Wildman–Crippen MR) is 128 cm³/mol. The molecule has 34 heavy (non-hydrogen) atoms. The Morgan fingerprint density at radius 3 is 2.41 bits per heavy atom. The zero-order valence-corrected chi connectivity index (χ0v) is 19.8. The van der Waals surface area contributed by atoms with Crippen LogP contribution >= 0.6 is 0 Å². The number of amides is 1.